The maximum atomic E-state index is 15.4. The van der Waals surface area contributed by atoms with Gasteiger partial charge in [-0.3, -0.25) is 23.8 Å². The topological polar surface area (TPSA) is 131 Å². The molecule has 13 heteroatoms. The number of nitrogens with one attached hydrogen (secondary N) is 1. The number of aliphatic hydroxyl groups excluding tert-OH is 1. The number of alkyl halides is 2. The number of allylic oxidation sites excluding steroid dienone is 1. The lowest BCUT2D eigenvalue weighted by Gasteiger charge is -2.32. The summed E-state index contributed by atoms with van der Waals surface area (Å²) in [6.07, 6.45) is 1.42. The Bertz CT molecular complexity index is 894. The minimum atomic E-state index is -3.84. The molecular formula is C21H31F2N2O8P. The fourth-order valence-corrected chi connectivity index (χ4v) is 5.53. The van der Waals surface area contributed by atoms with E-state index in [9.17, 15) is 24.1 Å². The number of esters is 1. The Morgan fingerprint density at radius 2 is 2.00 bits per heavy atom. The van der Waals surface area contributed by atoms with Crippen LogP contribution in [0, 0.1) is 0 Å². The highest BCUT2D eigenvalue weighted by Gasteiger charge is 2.66. The molecule has 1 saturated heterocycles. The van der Waals surface area contributed by atoms with Gasteiger partial charge in [0.1, 0.15) is 18.8 Å². The SMILES string of the molecule is C[C@H](NP(C)(=O)OC[C@@]1(F)O[C@@H](N2C=CC(=O)CC2=O)[C@](C)(F)[C@@H]1O)C(=O)OC1CCCCC1. The van der Waals surface area contributed by atoms with Crippen molar-refractivity contribution >= 4 is 25.2 Å². The third-order valence-electron chi connectivity index (χ3n) is 6.14. The fourth-order valence-electron chi connectivity index (χ4n) is 4.22. The number of hydrogen-bond donors (Lipinski definition) is 2. The lowest BCUT2D eigenvalue weighted by atomic mass is 9.96. The van der Waals surface area contributed by atoms with E-state index in [1.165, 1.54) is 6.92 Å². The Morgan fingerprint density at radius 3 is 2.62 bits per heavy atom. The van der Waals surface area contributed by atoms with Gasteiger partial charge in [0.05, 0.1) is 6.42 Å². The highest BCUT2D eigenvalue weighted by atomic mass is 31.2. The van der Waals surface area contributed by atoms with Crippen molar-refractivity contribution in [3.63, 3.8) is 0 Å². The van der Waals surface area contributed by atoms with Crippen LogP contribution in [0.5, 0.6) is 0 Å². The van der Waals surface area contributed by atoms with Crippen LogP contribution in [0.2, 0.25) is 0 Å². The average molecular weight is 508 g/mol. The number of aliphatic hydroxyl groups is 1. The van der Waals surface area contributed by atoms with E-state index in [4.69, 9.17) is 14.0 Å². The molecule has 192 valence electrons. The first-order valence-electron chi connectivity index (χ1n) is 11.2. The van der Waals surface area contributed by atoms with Gasteiger partial charge in [0.2, 0.25) is 5.91 Å². The zero-order chi connectivity index (χ0) is 25.3. The molecule has 1 aliphatic carbocycles. The third kappa shape index (κ3) is 5.91. The Labute approximate surface area is 196 Å². The minimum absolute atomic E-state index is 0.209. The number of nitrogens with zero attached hydrogens (tertiary/aromatic N) is 1. The van der Waals surface area contributed by atoms with Gasteiger partial charge in [-0.1, -0.05) is 6.42 Å². The van der Waals surface area contributed by atoms with Crippen LogP contribution in [0.4, 0.5) is 8.78 Å². The maximum absolute atomic E-state index is 15.4. The smallest absolute Gasteiger partial charge is 0.323 e. The largest absolute Gasteiger partial charge is 0.461 e. The van der Waals surface area contributed by atoms with Crippen molar-refractivity contribution in [1.82, 2.24) is 9.99 Å². The second kappa shape index (κ2) is 10.1. The molecule has 0 radical (unpaired) electrons. The summed E-state index contributed by atoms with van der Waals surface area (Å²) >= 11 is 0. The Balaban J connectivity index is 1.61. The van der Waals surface area contributed by atoms with Crippen molar-refractivity contribution in [2.24, 2.45) is 0 Å². The summed E-state index contributed by atoms with van der Waals surface area (Å²) in [7, 11) is -3.84. The Kier molecular flexibility index (Phi) is 7.99. The lowest BCUT2D eigenvalue weighted by molar-refractivity contribution is -0.209. The van der Waals surface area contributed by atoms with E-state index < -0.39 is 68.1 Å². The molecule has 0 aromatic heterocycles. The molecule has 0 aromatic rings. The summed E-state index contributed by atoms with van der Waals surface area (Å²) in [5, 5.41) is 12.8. The molecule has 1 saturated carbocycles. The van der Waals surface area contributed by atoms with E-state index in [0.717, 1.165) is 58.0 Å². The predicted molar refractivity (Wildman–Crippen MR) is 115 cm³/mol. The van der Waals surface area contributed by atoms with Crippen LogP contribution in [-0.4, -0.2) is 76.9 Å². The van der Waals surface area contributed by atoms with Crippen molar-refractivity contribution in [2.75, 3.05) is 13.3 Å². The first kappa shape index (κ1) is 26.9. The normalized spacial score (nSPS) is 35.3. The van der Waals surface area contributed by atoms with Crippen LogP contribution in [0.25, 0.3) is 0 Å². The van der Waals surface area contributed by atoms with Crippen molar-refractivity contribution in [3.05, 3.63) is 12.3 Å². The summed E-state index contributed by atoms with van der Waals surface area (Å²) in [4.78, 5) is 36.5. The molecule has 2 fully saturated rings. The molecule has 6 atom stereocenters. The molecule has 0 bridgehead atoms. The average Bonchev–Trinajstić information content (AvgIpc) is 2.93. The monoisotopic (exact) mass is 508 g/mol. The first-order valence-corrected chi connectivity index (χ1v) is 13.3. The van der Waals surface area contributed by atoms with Gasteiger partial charge in [0.25, 0.3) is 13.4 Å². The Hall–Kier alpha value is -1.72. The van der Waals surface area contributed by atoms with Gasteiger partial charge in [-0.2, -0.15) is 0 Å². The lowest BCUT2D eigenvalue weighted by Crippen LogP contribution is -2.52. The number of halogens is 2. The van der Waals surface area contributed by atoms with Gasteiger partial charge in [-0.05, 0) is 45.6 Å². The predicted octanol–water partition coefficient (Wildman–Crippen LogP) is 2.11. The molecule has 34 heavy (non-hydrogen) atoms. The van der Waals surface area contributed by atoms with Crippen LogP contribution in [0.1, 0.15) is 52.4 Å². The van der Waals surface area contributed by atoms with Crippen molar-refractivity contribution < 1.29 is 46.8 Å². The minimum Gasteiger partial charge on any atom is -0.461 e. The summed E-state index contributed by atoms with van der Waals surface area (Å²) in [6.45, 7) is 2.20. The first-order chi connectivity index (χ1) is 15.7. The number of carbonyl (C=O) groups is 3. The zero-order valence-electron chi connectivity index (χ0n) is 19.4. The van der Waals surface area contributed by atoms with Crippen LogP contribution < -0.4 is 5.09 Å². The van der Waals surface area contributed by atoms with Crippen molar-refractivity contribution in [2.45, 2.75) is 88.4 Å². The van der Waals surface area contributed by atoms with E-state index >= 15 is 8.78 Å². The van der Waals surface area contributed by atoms with E-state index in [1.54, 1.807) is 0 Å². The molecule has 2 heterocycles. The molecule has 0 aromatic carbocycles. The number of rotatable bonds is 8. The summed E-state index contributed by atoms with van der Waals surface area (Å²) in [5.74, 6) is -5.13. The van der Waals surface area contributed by atoms with Crippen LogP contribution in [-0.2, 0) is 32.9 Å². The highest BCUT2D eigenvalue weighted by molar-refractivity contribution is 7.56. The van der Waals surface area contributed by atoms with Gasteiger partial charge in [-0.15, -0.1) is 0 Å². The van der Waals surface area contributed by atoms with Crippen LogP contribution in [0.15, 0.2) is 12.3 Å². The van der Waals surface area contributed by atoms with E-state index in [1.807, 2.05) is 0 Å². The highest BCUT2D eigenvalue weighted by Crippen LogP contribution is 2.47. The number of carbonyl (C=O) groups excluding carboxylic acids is 3. The number of hydrogen-bond acceptors (Lipinski definition) is 8. The fraction of sp³-hybridized carbons (Fsp3) is 0.762. The zero-order valence-corrected chi connectivity index (χ0v) is 20.3. The molecule has 3 aliphatic rings. The van der Waals surface area contributed by atoms with Gasteiger partial charge in [0.15, 0.2) is 23.8 Å². The molecule has 2 aliphatic heterocycles. The molecule has 1 amide bonds. The van der Waals surface area contributed by atoms with Gasteiger partial charge >= 0.3 is 5.97 Å². The number of ketones is 1. The van der Waals surface area contributed by atoms with Crippen molar-refractivity contribution in [1.29, 1.82) is 0 Å². The standard InChI is InChI=1S/C21H31F2N2O8P/c1-13(17(28)32-15-7-5-4-6-8-15)24-34(3,30)31-12-21(23)18(29)20(2,22)19(33-21)25-10-9-14(26)11-16(25)27/h9-10,13,15,18-19,29H,4-8,11-12H2,1-3H3,(H,24,30)/t13-,18-,19+,20+,21+,34?/m0/s1. The number of amides is 1. The van der Waals surface area contributed by atoms with Gasteiger partial charge in [0, 0.05) is 12.9 Å². The number of ether oxygens (including phenoxy) is 2. The van der Waals surface area contributed by atoms with Gasteiger partial charge < -0.3 is 19.1 Å². The maximum Gasteiger partial charge on any atom is 0.323 e. The van der Waals surface area contributed by atoms with Crippen LogP contribution >= 0.6 is 7.52 Å². The summed E-state index contributed by atoms with van der Waals surface area (Å²) < 4.78 is 59.1. The Morgan fingerprint density at radius 1 is 1.35 bits per heavy atom. The molecule has 10 nitrogen and oxygen atoms in total. The summed E-state index contributed by atoms with van der Waals surface area (Å²) in [5.41, 5.74) is -2.78. The third-order valence-corrected chi connectivity index (χ3v) is 7.62. The molecule has 2 N–H and O–H groups in total. The second-order valence-electron chi connectivity index (χ2n) is 9.24. The van der Waals surface area contributed by atoms with E-state index in [0.29, 0.717) is 4.90 Å². The van der Waals surface area contributed by atoms with E-state index in [-0.39, 0.29) is 6.10 Å². The van der Waals surface area contributed by atoms with Crippen molar-refractivity contribution in [3.8, 4) is 0 Å². The molecular weight excluding hydrogens is 477 g/mol. The second-order valence-corrected chi connectivity index (χ2v) is 11.4. The molecule has 3 rings (SSSR count). The van der Waals surface area contributed by atoms with Crippen LogP contribution in [0.3, 0.4) is 0 Å². The molecule has 0 spiro atoms. The molecule has 1 unspecified atom stereocenters. The summed E-state index contributed by atoms with van der Waals surface area (Å²) in [6, 6.07) is -1.03. The quantitative estimate of drug-likeness (QED) is 0.287. The van der Waals surface area contributed by atoms with Gasteiger partial charge in [-0.25, -0.2) is 13.9 Å². The van der Waals surface area contributed by atoms with E-state index in [2.05, 4.69) is 5.09 Å².